The Labute approximate surface area is 268 Å². The average molecular weight is 659 g/mol. The molecule has 0 spiro atoms. The normalized spacial score (nSPS) is 14.6. The second kappa shape index (κ2) is 34.1. The van der Waals surface area contributed by atoms with Crippen molar-refractivity contribution in [2.24, 2.45) is 0 Å². The van der Waals surface area contributed by atoms with Crippen molar-refractivity contribution in [1.29, 1.82) is 0 Å². The fourth-order valence-corrected chi connectivity index (χ4v) is 3.23. The number of amides is 4. The number of nitrogens with zero attached hydrogens (tertiary/aromatic N) is 2. The van der Waals surface area contributed by atoms with Crippen molar-refractivity contribution in [3.8, 4) is 0 Å². The summed E-state index contributed by atoms with van der Waals surface area (Å²) in [5.41, 5.74) is 0. The third kappa shape index (κ3) is 24.2. The van der Waals surface area contributed by atoms with Crippen LogP contribution in [0.15, 0.2) is 0 Å². The summed E-state index contributed by atoms with van der Waals surface area (Å²) >= 11 is 0. The Morgan fingerprint density at radius 1 is 0.778 bits per heavy atom. The molecule has 0 aromatic rings. The fraction of sp³-hybridized carbons (Fsp3) is 0.821. The van der Waals surface area contributed by atoms with Gasteiger partial charge in [-0.3, -0.25) is 19.3 Å². The van der Waals surface area contributed by atoms with Crippen molar-refractivity contribution in [3.05, 3.63) is 0 Å². The Kier molecular flexibility index (Phi) is 37.2. The van der Waals surface area contributed by atoms with Gasteiger partial charge in [-0.05, 0) is 13.3 Å². The van der Waals surface area contributed by atoms with E-state index < -0.39 is 18.9 Å². The summed E-state index contributed by atoms with van der Waals surface area (Å²) in [6.45, 7) is 7.80. The molecular formula is C28H58N4O13. The standard InChI is InChI=1S/C12H24N2O3.C6H14O4.C4H8O3.C3H6N2O.C2H2O2.CH4/c1-5-6-9-17-10(2)11(16-4)14-8-7-13(3)12(14)15;1-7-5(8-2)6(9-3)10-4;1-6-4(3-5)7-2;6-3-4-1-2-5-3;3-1-2-4;/h10-11H,5-9H2,1-4H3;5-6H,1-4H3;3-4H,1-2H3;1-2H2,(H2,4,5,6);1-2H;1H4. The molecule has 2 aliphatic heterocycles. The molecule has 2 atom stereocenters. The van der Waals surface area contributed by atoms with Crippen molar-refractivity contribution in [1.82, 2.24) is 20.4 Å². The smallest absolute Gasteiger partial charge is 0.322 e. The number of ether oxygens (including phenoxy) is 8. The van der Waals surface area contributed by atoms with Crippen LogP contribution in [0.5, 0.6) is 0 Å². The Morgan fingerprint density at radius 2 is 1.24 bits per heavy atom. The average Bonchev–Trinajstić information content (AvgIpc) is 3.66. The third-order valence-electron chi connectivity index (χ3n) is 5.56. The van der Waals surface area contributed by atoms with Gasteiger partial charge in [-0.2, -0.15) is 0 Å². The van der Waals surface area contributed by atoms with Gasteiger partial charge in [-0.15, -0.1) is 0 Å². The second-order valence-corrected chi connectivity index (χ2v) is 8.56. The summed E-state index contributed by atoms with van der Waals surface area (Å²) < 4.78 is 39.5. The van der Waals surface area contributed by atoms with E-state index in [9.17, 15) is 14.4 Å². The molecule has 17 nitrogen and oxygen atoms in total. The first-order valence-corrected chi connectivity index (χ1v) is 13.8. The van der Waals surface area contributed by atoms with Gasteiger partial charge in [-0.1, -0.05) is 20.8 Å². The van der Waals surface area contributed by atoms with Crippen LogP contribution in [0.1, 0.15) is 34.1 Å². The number of likely N-dealkylation sites (N-methyl/N-ethyl adjacent to an activating group) is 1. The largest absolute Gasteiger partial charge is 0.374 e. The zero-order valence-electron chi connectivity index (χ0n) is 27.8. The van der Waals surface area contributed by atoms with Gasteiger partial charge in [0.25, 0.3) is 0 Å². The van der Waals surface area contributed by atoms with Gasteiger partial charge in [0.15, 0.2) is 25.1 Å². The highest BCUT2D eigenvalue weighted by Gasteiger charge is 2.35. The van der Waals surface area contributed by atoms with E-state index in [1.165, 1.54) is 42.7 Å². The lowest BCUT2D eigenvalue weighted by atomic mass is 10.3. The number of nitrogens with one attached hydrogen (secondary N) is 2. The van der Waals surface area contributed by atoms with Crippen molar-refractivity contribution < 1.29 is 61.9 Å². The summed E-state index contributed by atoms with van der Waals surface area (Å²) in [6.07, 6.45) is 1.11. The van der Waals surface area contributed by atoms with Crippen LogP contribution < -0.4 is 10.6 Å². The lowest BCUT2D eigenvalue weighted by molar-refractivity contribution is -0.254. The van der Waals surface area contributed by atoms with E-state index in [0.29, 0.717) is 12.8 Å². The first-order valence-electron chi connectivity index (χ1n) is 13.8. The molecule has 2 aliphatic rings. The van der Waals surface area contributed by atoms with Gasteiger partial charge in [0.1, 0.15) is 0 Å². The predicted molar refractivity (Wildman–Crippen MR) is 166 cm³/mol. The number of unbranched alkanes of at least 4 members (excludes halogenated alkanes) is 1. The van der Waals surface area contributed by atoms with E-state index >= 15 is 0 Å². The zero-order valence-corrected chi connectivity index (χ0v) is 27.8. The molecular weight excluding hydrogens is 600 g/mol. The van der Waals surface area contributed by atoms with Crippen LogP contribution in [0.25, 0.3) is 0 Å². The number of rotatable bonds is 16. The SMILES string of the molecule is C.CCCCOC(C)C(OC)N1CCN(C)C1=O.COC(C=O)OC.COC(OC)C(OC)OC.O=C1NCCN1.O=CC=O. The number of aldehydes is 3. The maximum atomic E-state index is 11.9. The number of carbonyl (C=O) groups is 5. The highest BCUT2D eigenvalue weighted by Crippen LogP contribution is 2.16. The second-order valence-electron chi connectivity index (χ2n) is 8.56. The minimum Gasteiger partial charge on any atom is -0.374 e. The molecule has 2 heterocycles. The fourth-order valence-electron chi connectivity index (χ4n) is 3.23. The predicted octanol–water partition coefficient (Wildman–Crippen LogP) is 0.879. The highest BCUT2D eigenvalue weighted by molar-refractivity contribution is 6.09. The number of carbonyl (C=O) groups excluding carboxylic acids is 5. The number of methoxy groups -OCH3 is 7. The van der Waals surface area contributed by atoms with Crippen molar-refractivity contribution in [2.45, 2.75) is 65.3 Å². The lowest BCUT2D eigenvalue weighted by Crippen LogP contribution is -2.46. The van der Waals surface area contributed by atoms with Crippen LogP contribution in [-0.4, -0.2) is 162 Å². The monoisotopic (exact) mass is 658 g/mol. The van der Waals surface area contributed by atoms with Crippen molar-refractivity contribution in [3.63, 3.8) is 0 Å². The summed E-state index contributed by atoms with van der Waals surface area (Å²) in [6, 6.07) is -0.0298. The van der Waals surface area contributed by atoms with Gasteiger partial charge in [0.05, 0.1) is 6.10 Å². The topological polar surface area (TPSA) is 190 Å². The van der Waals surface area contributed by atoms with Gasteiger partial charge < -0.3 is 53.4 Å². The van der Waals surface area contributed by atoms with Gasteiger partial charge >= 0.3 is 12.1 Å². The van der Waals surface area contributed by atoms with Crippen LogP contribution in [0.3, 0.4) is 0 Å². The molecule has 2 saturated heterocycles. The number of hydrogen-bond donors (Lipinski definition) is 2. The lowest BCUT2D eigenvalue weighted by Gasteiger charge is -2.30. The summed E-state index contributed by atoms with van der Waals surface area (Å²) in [5, 5.41) is 5.14. The molecule has 2 N–H and O–H groups in total. The molecule has 0 aromatic heterocycles. The molecule has 268 valence electrons. The van der Waals surface area contributed by atoms with Gasteiger partial charge in [0.2, 0.25) is 18.9 Å². The Hall–Kier alpha value is -2.77. The summed E-state index contributed by atoms with van der Waals surface area (Å²) in [7, 11) is 12.3. The maximum absolute atomic E-state index is 11.9. The first kappa shape index (κ1) is 49.1. The van der Waals surface area contributed by atoms with Crippen LogP contribution in [0.4, 0.5) is 9.59 Å². The van der Waals surface area contributed by atoms with E-state index in [-0.39, 0.29) is 44.4 Å². The van der Waals surface area contributed by atoms with E-state index in [4.69, 9.17) is 38.0 Å². The first-order chi connectivity index (χ1) is 21.1. The molecule has 0 bridgehead atoms. The van der Waals surface area contributed by atoms with Crippen LogP contribution in [0, 0.1) is 0 Å². The molecule has 2 rings (SSSR count). The molecule has 0 aromatic carbocycles. The molecule has 4 amide bonds. The molecule has 2 unspecified atom stereocenters. The van der Waals surface area contributed by atoms with Crippen molar-refractivity contribution in [2.75, 3.05) is 89.6 Å². The number of hydrogen-bond acceptors (Lipinski definition) is 13. The van der Waals surface area contributed by atoms with E-state index in [0.717, 1.165) is 39.1 Å². The zero-order chi connectivity index (χ0) is 34.3. The molecule has 0 saturated carbocycles. The molecule has 2 fully saturated rings. The van der Waals surface area contributed by atoms with Crippen LogP contribution >= 0.6 is 0 Å². The molecule has 0 radical (unpaired) electrons. The molecule has 45 heavy (non-hydrogen) atoms. The maximum Gasteiger partial charge on any atom is 0.322 e. The van der Waals surface area contributed by atoms with Gasteiger partial charge in [0, 0.05) is 89.6 Å². The Bertz CT molecular complexity index is 701. The van der Waals surface area contributed by atoms with Crippen molar-refractivity contribution >= 4 is 30.9 Å². The number of urea groups is 2. The third-order valence-corrected chi connectivity index (χ3v) is 5.56. The Balaban J connectivity index is -0.000000256. The van der Waals surface area contributed by atoms with Gasteiger partial charge in [-0.25, -0.2) is 9.59 Å². The summed E-state index contributed by atoms with van der Waals surface area (Å²) in [5.74, 6) is 0. The van der Waals surface area contributed by atoms with E-state index in [1.54, 1.807) is 24.0 Å². The van der Waals surface area contributed by atoms with E-state index in [1.807, 2.05) is 6.92 Å². The summed E-state index contributed by atoms with van der Waals surface area (Å²) in [4.78, 5) is 52.6. The molecule has 0 aliphatic carbocycles. The van der Waals surface area contributed by atoms with Crippen LogP contribution in [0.2, 0.25) is 0 Å². The van der Waals surface area contributed by atoms with Crippen LogP contribution in [-0.2, 0) is 52.3 Å². The Morgan fingerprint density at radius 3 is 1.47 bits per heavy atom. The van der Waals surface area contributed by atoms with E-state index in [2.05, 4.69) is 27.0 Å². The minimum absolute atomic E-state index is 0. The highest BCUT2D eigenvalue weighted by atomic mass is 16.8. The quantitative estimate of drug-likeness (QED) is 0.103. The molecule has 17 heteroatoms. The minimum atomic E-state index is -0.694.